The van der Waals surface area contributed by atoms with Gasteiger partial charge in [0, 0.05) is 22.6 Å². The van der Waals surface area contributed by atoms with Crippen LogP contribution in [0.1, 0.15) is 13.3 Å². The molecule has 0 atom stereocenters. The Morgan fingerprint density at radius 3 is 2.59 bits per heavy atom. The monoisotopic (exact) mass is 487 g/mol. The third-order valence-corrected chi connectivity index (χ3v) is 5.35. The van der Waals surface area contributed by atoms with E-state index in [4.69, 9.17) is 25.3 Å². The number of benzene rings is 2. The van der Waals surface area contributed by atoms with Crippen LogP contribution in [-0.4, -0.2) is 57.4 Å². The Hall–Kier alpha value is -3.60. The van der Waals surface area contributed by atoms with Crippen molar-refractivity contribution in [2.24, 2.45) is 0 Å². The Labute approximate surface area is 198 Å². The van der Waals surface area contributed by atoms with Gasteiger partial charge in [-0.1, -0.05) is 23.7 Å². The lowest BCUT2D eigenvalue weighted by Gasteiger charge is -2.23. The average Bonchev–Trinajstić information content (AvgIpc) is 3.48. The molecule has 0 saturated heterocycles. The molecule has 3 N–H and O–H groups in total. The average molecular weight is 488 g/mol. The van der Waals surface area contributed by atoms with Gasteiger partial charge in [-0.05, 0) is 42.8 Å². The van der Waals surface area contributed by atoms with Crippen LogP contribution in [0.5, 0.6) is 5.75 Å². The highest BCUT2D eigenvalue weighted by atomic mass is 35.5. The van der Waals surface area contributed by atoms with Gasteiger partial charge in [-0.3, -0.25) is 0 Å². The van der Waals surface area contributed by atoms with E-state index in [0.29, 0.717) is 45.3 Å². The van der Waals surface area contributed by atoms with Gasteiger partial charge in [-0.25, -0.2) is 9.69 Å². The molecule has 0 saturated carbocycles. The first-order valence-corrected chi connectivity index (χ1v) is 10.9. The summed E-state index contributed by atoms with van der Waals surface area (Å²) in [5, 5.41) is 33.3. The van der Waals surface area contributed by atoms with Crippen molar-refractivity contribution in [2.75, 3.05) is 24.7 Å². The SMILES string of the molecule is CCCOc1ccc(-c2nc(-c3ccc4oc(N(C(=O)O)C(CO)CO)cc4c3)no2)cc1Cl. The first-order valence-electron chi connectivity index (χ1n) is 10.5. The number of carboxylic acid groups (broad SMARTS) is 1. The molecule has 2 aromatic carbocycles. The van der Waals surface area contributed by atoms with Crippen molar-refractivity contribution in [2.45, 2.75) is 19.4 Å². The van der Waals surface area contributed by atoms with Gasteiger partial charge in [0.1, 0.15) is 11.3 Å². The molecule has 0 spiro atoms. The minimum absolute atomic E-state index is 0.0263. The van der Waals surface area contributed by atoms with Crippen LogP contribution in [0.3, 0.4) is 0 Å². The molecule has 0 radical (unpaired) electrons. The standard InChI is InChI=1S/C23H22ClN3O7/c1-2-7-32-19-6-4-14(9-17(19)24)22-25-21(26-34-22)13-3-5-18-15(8-13)10-20(33-18)27(23(30)31)16(11-28)12-29/h3-6,8-10,16,28-29H,2,7,11-12H2,1H3,(H,30,31). The Kier molecular flexibility index (Phi) is 7.01. The predicted molar refractivity (Wildman–Crippen MR) is 124 cm³/mol. The normalized spacial score (nSPS) is 11.3. The zero-order chi connectivity index (χ0) is 24.2. The highest BCUT2D eigenvalue weighted by Gasteiger charge is 2.27. The summed E-state index contributed by atoms with van der Waals surface area (Å²) in [7, 11) is 0. The van der Waals surface area contributed by atoms with Crippen molar-refractivity contribution < 1.29 is 33.8 Å². The summed E-state index contributed by atoms with van der Waals surface area (Å²) in [6.07, 6.45) is -0.495. The number of rotatable bonds is 9. The van der Waals surface area contributed by atoms with Crippen LogP contribution in [0.15, 0.2) is 51.4 Å². The number of halogens is 1. The number of carbonyl (C=O) groups is 1. The molecular formula is C23H22ClN3O7. The Balaban J connectivity index is 1.62. The number of hydrogen-bond acceptors (Lipinski definition) is 8. The van der Waals surface area contributed by atoms with Gasteiger partial charge in [0.25, 0.3) is 5.89 Å². The van der Waals surface area contributed by atoms with Crippen LogP contribution < -0.4 is 9.64 Å². The molecule has 0 aliphatic rings. The third kappa shape index (κ3) is 4.69. The van der Waals surface area contributed by atoms with Gasteiger partial charge >= 0.3 is 6.09 Å². The molecule has 178 valence electrons. The molecule has 0 fully saturated rings. The van der Waals surface area contributed by atoms with E-state index in [1.807, 2.05) is 6.92 Å². The van der Waals surface area contributed by atoms with E-state index in [-0.39, 0.29) is 11.8 Å². The highest BCUT2D eigenvalue weighted by Crippen LogP contribution is 2.33. The topological polar surface area (TPSA) is 142 Å². The summed E-state index contributed by atoms with van der Waals surface area (Å²) in [4.78, 5) is 16.9. The minimum Gasteiger partial charge on any atom is -0.492 e. The van der Waals surface area contributed by atoms with Gasteiger partial charge in [-0.2, -0.15) is 4.98 Å². The Bertz CT molecular complexity index is 1300. The molecule has 0 aliphatic carbocycles. The van der Waals surface area contributed by atoms with E-state index < -0.39 is 25.3 Å². The van der Waals surface area contributed by atoms with E-state index >= 15 is 0 Å². The molecule has 0 bridgehead atoms. The van der Waals surface area contributed by atoms with Gasteiger partial charge < -0.3 is 29.0 Å². The van der Waals surface area contributed by atoms with Gasteiger partial charge in [0.05, 0.1) is 30.9 Å². The summed E-state index contributed by atoms with van der Waals surface area (Å²) >= 11 is 6.30. The Morgan fingerprint density at radius 1 is 1.15 bits per heavy atom. The molecule has 4 rings (SSSR count). The number of fused-ring (bicyclic) bond motifs is 1. The van der Waals surface area contributed by atoms with E-state index in [1.165, 1.54) is 6.07 Å². The quantitative estimate of drug-likeness (QED) is 0.312. The predicted octanol–water partition coefficient (Wildman–Crippen LogP) is 4.43. The number of amides is 1. The maximum absolute atomic E-state index is 11.7. The second kappa shape index (κ2) is 10.1. The first-order chi connectivity index (χ1) is 16.4. The van der Waals surface area contributed by atoms with Crippen molar-refractivity contribution >= 4 is 34.5 Å². The van der Waals surface area contributed by atoms with Crippen LogP contribution in [0.25, 0.3) is 33.8 Å². The summed E-state index contributed by atoms with van der Waals surface area (Å²) in [6.45, 7) is 1.44. The summed E-state index contributed by atoms with van der Waals surface area (Å²) in [5.74, 6) is 1.15. The number of ether oxygens (including phenoxy) is 1. The summed E-state index contributed by atoms with van der Waals surface area (Å²) in [6, 6.07) is 10.7. The minimum atomic E-state index is -1.36. The highest BCUT2D eigenvalue weighted by molar-refractivity contribution is 6.32. The number of hydrogen-bond donors (Lipinski definition) is 3. The van der Waals surface area contributed by atoms with E-state index in [2.05, 4.69) is 10.1 Å². The molecule has 10 nitrogen and oxygen atoms in total. The smallest absolute Gasteiger partial charge is 0.414 e. The fourth-order valence-electron chi connectivity index (χ4n) is 3.36. The number of aliphatic hydroxyl groups is 2. The Morgan fingerprint density at radius 2 is 1.91 bits per heavy atom. The number of aromatic nitrogens is 2. The molecule has 4 aromatic rings. The summed E-state index contributed by atoms with van der Waals surface area (Å²) in [5.41, 5.74) is 1.67. The second-order valence-corrected chi connectivity index (χ2v) is 7.83. The second-order valence-electron chi connectivity index (χ2n) is 7.43. The lowest BCUT2D eigenvalue weighted by Crippen LogP contribution is -2.44. The van der Waals surface area contributed by atoms with Gasteiger partial charge in [0.2, 0.25) is 11.7 Å². The maximum atomic E-state index is 11.7. The first kappa shape index (κ1) is 23.6. The number of aliphatic hydroxyl groups excluding tert-OH is 2. The zero-order valence-electron chi connectivity index (χ0n) is 18.1. The van der Waals surface area contributed by atoms with Gasteiger partial charge in [-0.15, -0.1) is 0 Å². The zero-order valence-corrected chi connectivity index (χ0v) is 18.9. The van der Waals surface area contributed by atoms with Crippen molar-refractivity contribution in [3.8, 4) is 28.6 Å². The fourth-order valence-corrected chi connectivity index (χ4v) is 3.59. The van der Waals surface area contributed by atoms with E-state index in [0.717, 1.165) is 11.3 Å². The van der Waals surface area contributed by atoms with Crippen LogP contribution >= 0.6 is 11.6 Å². The van der Waals surface area contributed by atoms with Crippen LogP contribution in [-0.2, 0) is 0 Å². The van der Waals surface area contributed by atoms with Crippen molar-refractivity contribution in [1.29, 1.82) is 0 Å². The van der Waals surface area contributed by atoms with Crippen LogP contribution in [0.2, 0.25) is 5.02 Å². The molecule has 0 unspecified atom stereocenters. The lowest BCUT2D eigenvalue weighted by molar-refractivity contribution is 0.163. The number of furan rings is 1. The molecular weight excluding hydrogens is 466 g/mol. The largest absolute Gasteiger partial charge is 0.492 e. The maximum Gasteiger partial charge on any atom is 0.414 e. The fraction of sp³-hybridized carbons (Fsp3) is 0.261. The van der Waals surface area contributed by atoms with Crippen molar-refractivity contribution in [3.63, 3.8) is 0 Å². The molecule has 0 aliphatic heterocycles. The lowest BCUT2D eigenvalue weighted by atomic mass is 10.1. The van der Waals surface area contributed by atoms with E-state index in [9.17, 15) is 20.1 Å². The van der Waals surface area contributed by atoms with Crippen LogP contribution in [0, 0.1) is 0 Å². The molecule has 11 heteroatoms. The molecule has 1 amide bonds. The number of nitrogens with zero attached hydrogens (tertiary/aromatic N) is 3. The summed E-state index contributed by atoms with van der Waals surface area (Å²) < 4.78 is 16.6. The van der Waals surface area contributed by atoms with Crippen molar-refractivity contribution in [1.82, 2.24) is 10.1 Å². The van der Waals surface area contributed by atoms with Gasteiger partial charge in [0.15, 0.2) is 0 Å². The van der Waals surface area contributed by atoms with Crippen LogP contribution in [0.4, 0.5) is 10.7 Å². The third-order valence-electron chi connectivity index (χ3n) is 5.06. The van der Waals surface area contributed by atoms with Crippen molar-refractivity contribution in [3.05, 3.63) is 47.5 Å². The molecule has 2 aromatic heterocycles. The number of anilines is 1. The molecule has 2 heterocycles. The van der Waals surface area contributed by atoms with E-state index in [1.54, 1.807) is 36.4 Å². The molecule has 34 heavy (non-hydrogen) atoms.